The van der Waals surface area contributed by atoms with E-state index in [9.17, 15) is 5.11 Å². The number of hydrogen-bond acceptors (Lipinski definition) is 2. The van der Waals surface area contributed by atoms with Crippen LogP contribution >= 0.6 is 0 Å². The Balaban J connectivity index is 2.91. The number of benzene rings is 2. The van der Waals surface area contributed by atoms with Gasteiger partial charge in [0.2, 0.25) is 0 Å². The fraction of sp³-hybridized carbons (Fsp3) is 0. The van der Waals surface area contributed by atoms with Gasteiger partial charge in [0.25, 0.3) is 0 Å². The largest absolute Gasteiger partial charge is 0.504 e. The lowest BCUT2D eigenvalue weighted by atomic mass is 10.1. The van der Waals surface area contributed by atoms with Crippen molar-refractivity contribution < 1.29 is 10.2 Å². The molecule has 0 heterocycles. The molecule has 1 radical (unpaired) electrons. The quantitative estimate of drug-likeness (QED) is 0.577. The van der Waals surface area contributed by atoms with Gasteiger partial charge >= 0.3 is 0 Å². The fourth-order valence-electron chi connectivity index (χ4n) is 1.17. The van der Waals surface area contributed by atoms with E-state index in [1.165, 1.54) is 6.07 Å². The third-order valence-electron chi connectivity index (χ3n) is 1.79. The first-order valence-corrected chi connectivity index (χ1v) is 3.60. The van der Waals surface area contributed by atoms with Crippen molar-refractivity contribution in [1.29, 1.82) is 0 Å². The second-order valence-electron chi connectivity index (χ2n) is 2.56. The van der Waals surface area contributed by atoms with E-state index in [1.807, 2.05) is 0 Å². The van der Waals surface area contributed by atoms with Crippen LogP contribution in [0.3, 0.4) is 0 Å². The van der Waals surface area contributed by atoms with Gasteiger partial charge in [0, 0.05) is 5.39 Å². The summed E-state index contributed by atoms with van der Waals surface area (Å²) in [5.41, 5.74) is 0. The molecule has 0 aliphatic heterocycles. The van der Waals surface area contributed by atoms with E-state index in [0.29, 0.717) is 5.39 Å². The average Bonchev–Trinajstić information content (AvgIpc) is 2.12. The number of hydrogen-bond donors (Lipinski definition) is 2. The van der Waals surface area contributed by atoms with Gasteiger partial charge in [-0.3, -0.25) is 0 Å². The van der Waals surface area contributed by atoms with Crippen LogP contribution < -0.4 is 0 Å². The maximum absolute atomic E-state index is 9.39. The van der Waals surface area contributed by atoms with Crippen molar-refractivity contribution in [2.75, 3.05) is 0 Å². The molecule has 2 nitrogen and oxygen atoms in total. The molecule has 0 saturated heterocycles. The van der Waals surface area contributed by atoms with E-state index in [-0.39, 0.29) is 11.5 Å². The van der Waals surface area contributed by atoms with Gasteiger partial charge in [-0.15, -0.1) is 0 Å². The molecule has 2 rings (SSSR count). The highest BCUT2D eigenvalue weighted by atomic mass is 16.3. The maximum Gasteiger partial charge on any atom is 0.165 e. The smallest absolute Gasteiger partial charge is 0.165 e. The van der Waals surface area contributed by atoms with Gasteiger partial charge in [0.05, 0.1) is 0 Å². The van der Waals surface area contributed by atoms with Gasteiger partial charge in [-0.05, 0) is 23.6 Å². The second-order valence-corrected chi connectivity index (χ2v) is 2.56. The van der Waals surface area contributed by atoms with Crippen LogP contribution in [0.15, 0.2) is 30.3 Å². The molecule has 0 spiro atoms. The summed E-state index contributed by atoms with van der Waals surface area (Å²) in [6.07, 6.45) is 0. The zero-order valence-electron chi connectivity index (χ0n) is 6.28. The minimum absolute atomic E-state index is 0.0793. The van der Waals surface area contributed by atoms with Crippen LogP contribution in [-0.4, -0.2) is 10.2 Å². The van der Waals surface area contributed by atoms with Gasteiger partial charge in [-0.25, -0.2) is 0 Å². The molecular formula is C10H7O2. The number of rotatable bonds is 0. The molecule has 0 aliphatic carbocycles. The Kier molecular flexibility index (Phi) is 1.40. The molecule has 2 aromatic rings. The molecule has 0 aliphatic rings. The SMILES string of the molecule is Oc1ccc2[c]cccc2c1O. The molecule has 0 bridgehead atoms. The van der Waals surface area contributed by atoms with Crippen LogP contribution in [0, 0.1) is 6.07 Å². The van der Waals surface area contributed by atoms with Gasteiger partial charge in [-0.1, -0.05) is 18.2 Å². The summed E-state index contributed by atoms with van der Waals surface area (Å²) in [6.45, 7) is 0. The van der Waals surface area contributed by atoms with Crippen LogP contribution in [0.2, 0.25) is 0 Å². The lowest BCUT2D eigenvalue weighted by molar-refractivity contribution is 0.408. The van der Waals surface area contributed by atoms with Gasteiger partial charge < -0.3 is 10.2 Å². The van der Waals surface area contributed by atoms with Crippen LogP contribution in [0.25, 0.3) is 10.8 Å². The Labute approximate surface area is 69.7 Å². The summed E-state index contributed by atoms with van der Waals surface area (Å²) in [5, 5.41) is 20.0. The zero-order valence-corrected chi connectivity index (χ0v) is 6.28. The molecule has 2 aromatic carbocycles. The lowest BCUT2D eigenvalue weighted by Gasteiger charge is -2.01. The van der Waals surface area contributed by atoms with Crippen molar-refractivity contribution >= 4 is 10.8 Å². The van der Waals surface area contributed by atoms with E-state index in [4.69, 9.17) is 5.11 Å². The Bertz CT molecular complexity index is 421. The number of phenolic OH excluding ortho intramolecular Hbond substituents is 2. The molecule has 2 heteroatoms. The monoisotopic (exact) mass is 159 g/mol. The van der Waals surface area contributed by atoms with Crippen molar-refractivity contribution in [2.24, 2.45) is 0 Å². The van der Waals surface area contributed by atoms with Gasteiger partial charge in [0.1, 0.15) is 0 Å². The predicted molar refractivity (Wildman–Crippen MR) is 46.1 cm³/mol. The van der Waals surface area contributed by atoms with Crippen molar-refractivity contribution in [3.8, 4) is 11.5 Å². The van der Waals surface area contributed by atoms with Crippen LogP contribution in [0.1, 0.15) is 0 Å². The minimum atomic E-state index is -0.0953. The van der Waals surface area contributed by atoms with E-state index in [1.54, 1.807) is 24.3 Å². The van der Waals surface area contributed by atoms with Crippen molar-refractivity contribution in [2.45, 2.75) is 0 Å². The first-order chi connectivity index (χ1) is 5.79. The van der Waals surface area contributed by atoms with Crippen molar-refractivity contribution in [3.05, 3.63) is 36.4 Å². The molecule has 0 unspecified atom stereocenters. The molecule has 0 saturated carbocycles. The van der Waals surface area contributed by atoms with Crippen LogP contribution in [0.4, 0.5) is 0 Å². The molecular weight excluding hydrogens is 152 g/mol. The number of fused-ring (bicyclic) bond motifs is 1. The normalized spacial score (nSPS) is 10.3. The summed E-state index contributed by atoms with van der Waals surface area (Å²) >= 11 is 0. The Morgan fingerprint density at radius 1 is 1.08 bits per heavy atom. The summed E-state index contributed by atoms with van der Waals surface area (Å²) in [6, 6.07) is 11.4. The van der Waals surface area contributed by atoms with Crippen molar-refractivity contribution in [3.63, 3.8) is 0 Å². The van der Waals surface area contributed by atoms with Crippen molar-refractivity contribution in [1.82, 2.24) is 0 Å². The van der Waals surface area contributed by atoms with Crippen LogP contribution in [-0.2, 0) is 0 Å². The van der Waals surface area contributed by atoms with E-state index in [2.05, 4.69) is 6.07 Å². The second kappa shape index (κ2) is 2.41. The zero-order chi connectivity index (χ0) is 8.55. The lowest BCUT2D eigenvalue weighted by Crippen LogP contribution is -1.74. The van der Waals surface area contributed by atoms with E-state index >= 15 is 0 Å². The summed E-state index contributed by atoms with van der Waals surface area (Å²) < 4.78 is 0. The molecule has 0 aromatic heterocycles. The summed E-state index contributed by atoms with van der Waals surface area (Å²) in [5.74, 6) is -0.175. The van der Waals surface area contributed by atoms with Gasteiger partial charge in [-0.2, -0.15) is 0 Å². The summed E-state index contributed by atoms with van der Waals surface area (Å²) in [4.78, 5) is 0. The first kappa shape index (κ1) is 6.98. The van der Waals surface area contributed by atoms with E-state index < -0.39 is 0 Å². The predicted octanol–water partition coefficient (Wildman–Crippen LogP) is 2.05. The third kappa shape index (κ3) is 0.889. The topological polar surface area (TPSA) is 40.5 Å². The fourth-order valence-corrected chi connectivity index (χ4v) is 1.17. The highest BCUT2D eigenvalue weighted by molar-refractivity contribution is 5.89. The third-order valence-corrected chi connectivity index (χ3v) is 1.79. The van der Waals surface area contributed by atoms with E-state index in [0.717, 1.165) is 5.39 Å². The molecule has 0 atom stereocenters. The molecule has 0 amide bonds. The standard InChI is InChI=1S/C10H7O2/c11-9-6-5-7-3-1-2-4-8(7)10(9)12/h1-2,4-6,11-12H. The average molecular weight is 159 g/mol. The Morgan fingerprint density at radius 2 is 1.92 bits per heavy atom. The van der Waals surface area contributed by atoms with Gasteiger partial charge in [0.15, 0.2) is 11.5 Å². The highest BCUT2D eigenvalue weighted by Gasteiger charge is 2.02. The molecule has 0 fully saturated rings. The minimum Gasteiger partial charge on any atom is -0.504 e. The Hall–Kier alpha value is -1.70. The molecule has 59 valence electrons. The number of phenols is 2. The van der Waals surface area contributed by atoms with Crippen LogP contribution in [0.5, 0.6) is 11.5 Å². The highest BCUT2D eigenvalue weighted by Crippen LogP contribution is 2.32. The number of aromatic hydroxyl groups is 2. The molecule has 12 heavy (non-hydrogen) atoms. The molecule has 2 N–H and O–H groups in total. The Morgan fingerprint density at radius 3 is 2.75 bits per heavy atom. The maximum atomic E-state index is 9.39. The summed E-state index contributed by atoms with van der Waals surface area (Å²) in [7, 11) is 0. The first-order valence-electron chi connectivity index (χ1n) is 3.60.